The van der Waals surface area contributed by atoms with E-state index in [4.69, 9.17) is 11.1 Å². The minimum atomic E-state index is -0.201. The van der Waals surface area contributed by atoms with E-state index >= 15 is 0 Å². The first-order valence-corrected chi connectivity index (χ1v) is 7.26. The summed E-state index contributed by atoms with van der Waals surface area (Å²) in [6.07, 6.45) is 0. The molecule has 0 atom stereocenters. The number of amidine groups is 1. The Labute approximate surface area is 125 Å². The molecule has 0 saturated heterocycles. The number of benzene rings is 2. The van der Waals surface area contributed by atoms with E-state index in [-0.39, 0.29) is 11.7 Å². The van der Waals surface area contributed by atoms with E-state index in [0.717, 1.165) is 10.8 Å². The summed E-state index contributed by atoms with van der Waals surface area (Å²) in [4.78, 5) is 13.1. The second kappa shape index (κ2) is 5.38. The molecule has 0 aliphatic heterocycles. The maximum absolute atomic E-state index is 12.5. The predicted octanol–water partition coefficient (Wildman–Crippen LogP) is 3.44. The number of fused-ring (bicyclic) bond motifs is 1. The van der Waals surface area contributed by atoms with Crippen molar-refractivity contribution in [3.05, 3.63) is 64.4 Å². The molecule has 0 aliphatic rings. The summed E-state index contributed by atoms with van der Waals surface area (Å²) >= 11 is 1.33. The van der Waals surface area contributed by atoms with Crippen LogP contribution in [0.1, 0.15) is 15.2 Å². The zero-order valence-corrected chi connectivity index (χ0v) is 11.9. The van der Waals surface area contributed by atoms with Crippen LogP contribution in [0.2, 0.25) is 0 Å². The van der Waals surface area contributed by atoms with Crippen molar-refractivity contribution in [2.24, 2.45) is 5.73 Å². The molecule has 0 fully saturated rings. The van der Waals surface area contributed by atoms with Gasteiger partial charge < -0.3 is 11.1 Å². The van der Waals surface area contributed by atoms with E-state index in [1.165, 1.54) is 11.3 Å². The Morgan fingerprint density at radius 3 is 2.67 bits per heavy atom. The summed E-state index contributed by atoms with van der Waals surface area (Å²) in [5, 5.41) is 14.1. The maximum Gasteiger partial charge on any atom is 0.256 e. The minimum Gasteiger partial charge on any atom is -0.383 e. The first-order valence-electron chi connectivity index (χ1n) is 6.38. The molecule has 21 heavy (non-hydrogen) atoms. The van der Waals surface area contributed by atoms with Crippen LogP contribution in [0.4, 0.5) is 5.69 Å². The standard InChI is InChI=1S/C16H13N3OS/c17-15(18)14-13(8-9-21-14)19-16(20)12-7-3-5-10-4-1-2-6-11(10)12/h1-9H,(H3,17,18)(H,19,20). The van der Waals surface area contributed by atoms with Gasteiger partial charge in [0.2, 0.25) is 0 Å². The normalized spacial score (nSPS) is 10.5. The molecule has 0 aliphatic carbocycles. The number of hydrogen-bond acceptors (Lipinski definition) is 3. The molecule has 0 radical (unpaired) electrons. The molecule has 104 valence electrons. The molecule has 5 heteroatoms. The number of carbonyl (C=O) groups excluding carboxylic acids is 1. The molecular weight excluding hydrogens is 282 g/mol. The summed E-state index contributed by atoms with van der Waals surface area (Å²) in [5.41, 5.74) is 6.69. The topological polar surface area (TPSA) is 79.0 Å². The molecule has 4 N–H and O–H groups in total. The van der Waals surface area contributed by atoms with Crippen LogP contribution in [0, 0.1) is 5.41 Å². The van der Waals surface area contributed by atoms with Gasteiger partial charge in [-0.05, 0) is 28.3 Å². The number of hydrogen-bond donors (Lipinski definition) is 3. The summed E-state index contributed by atoms with van der Waals surface area (Å²) in [6, 6.07) is 15.1. The fourth-order valence-corrected chi connectivity index (χ4v) is 2.94. The minimum absolute atomic E-state index is 0.0433. The number of carbonyl (C=O) groups is 1. The van der Waals surface area contributed by atoms with Crippen LogP contribution >= 0.6 is 11.3 Å². The van der Waals surface area contributed by atoms with E-state index < -0.39 is 0 Å². The van der Waals surface area contributed by atoms with Gasteiger partial charge >= 0.3 is 0 Å². The van der Waals surface area contributed by atoms with Crippen LogP contribution in [0.3, 0.4) is 0 Å². The Hall–Kier alpha value is -2.66. The lowest BCUT2D eigenvalue weighted by molar-refractivity contribution is 0.102. The number of nitrogen functional groups attached to an aromatic ring is 1. The van der Waals surface area contributed by atoms with Gasteiger partial charge in [-0.2, -0.15) is 0 Å². The van der Waals surface area contributed by atoms with Crippen LogP contribution in [0.15, 0.2) is 53.9 Å². The van der Waals surface area contributed by atoms with Gasteiger partial charge in [-0.3, -0.25) is 10.2 Å². The third kappa shape index (κ3) is 2.51. The summed E-state index contributed by atoms with van der Waals surface area (Å²) in [6.45, 7) is 0. The molecule has 3 aromatic rings. The smallest absolute Gasteiger partial charge is 0.256 e. The summed E-state index contributed by atoms with van der Waals surface area (Å²) < 4.78 is 0. The molecule has 1 amide bonds. The Morgan fingerprint density at radius 2 is 1.86 bits per heavy atom. The average molecular weight is 295 g/mol. The van der Waals surface area contributed by atoms with E-state index in [1.807, 2.05) is 36.4 Å². The number of thiophene rings is 1. The highest BCUT2D eigenvalue weighted by Crippen LogP contribution is 2.24. The number of nitrogens with one attached hydrogen (secondary N) is 2. The van der Waals surface area contributed by atoms with Crippen molar-refractivity contribution in [1.29, 1.82) is 5.41 Å². The van der Waals surface area contributed by atoms with E-state index in [0.29, 0.717) is 16.1 Å². The molecule has 1 aromatic heterocycles. The first kappa shape index (κ1) is 13.3. The van der Waals surface area contributed by atoms with Crippen molar-refractivity contribution in [2.75, 3.05) is 5.32 Å². The first-order chi connectivity index (χ1) is 10.2. The molecule has 1 heterocycles. The Balaban J connectivity index is 1.98. The fourth-order valence-electron chi connectivity index (χ4n) is 2.23. The van der Waals surface area contributed by atoms with Gasteiger partial charge in [0.05, 0.1) is 10.6 Å². The lowest BCUT2D eigenvalue weighted by atomic mass is 10.0. The highest BCUT2D eigenvalue weighted by atomic mass is 32.1. The second-order valence-corrected chi connectivity index (χ2v) is 5.47. The Kier molecular flexibility index (Phi) is 3.41. The molecule has 0 unspecified atom stereocenters. The third-order valence-corrected chi connectivity index (χ3v) is 4.14. The molecule has 4 nitrogen and oxygen atoms in total. The van der Waals surface area contributed by atoms with Gasteiger partial charge in [0.25, 0.3) is 5.91 Å². The van der Waals surface area contributed by atoms with Gasteiger partial charge in [-0.1, -0.05) is 36.4 Å². The van der Waals surface area contributed by atoms with Crippen molar-refractivity contribution in [1.82, 2.24) is 0 Å². The summed E-state index contributed by atoms with van der Waals surface area (Å²) in [7, 11) is 0. The van der Waals surface area contributed by atoms with E-state index in [2.05, 4.69) is 5.32 Å². The zero-order chi connectivity index (χ0) is 14.8. The SMILES string of the molecule is N=C(N)c1sccc1NC(=O)c1cccc2ccccc12. The van der Waals surface area contributed by atoms with Crippen molar-refractivity contribution < 1.29 is 4.79 Å². The van der Waals surface area contributed by atoms with Crippen molar-refractivity contribution in [3.63, 3.8) is 0 Å². The van der Waals surface area contributed by atoms with E-state index in [1.54, 1.807) is 17.5 Å². The molecule has 0 spiro atoms. The second-order valence-electron chi connectivity index (χ2n) is 4.56. The van der Waals surface area contributed by atoms with Crippen LogP contribution in [-0.4, -0.2) is 11.7 Å². The highest BCUT2D eigenvalue weighted by Gasteiger charge is 2.13. The molecule has 0 bridgehead atoms. The number of nitrogens with two attached hydrogens (primary N) is 1. The van der Waals surface area contributed by atoms with Crippen LogP contribution in [0.25, 0.3) is 10.8 Å². The predicted molar refractivity (Wildman–Crippen MR) is 87.2 cm³/mol. The van der Waals surface area contributed by atoms with Crippen molar-refractivity contribution in [2.45, 2.75) is 0 Å². The van der Waals surface area contributed by atoms with Crippen LogP contribution in [0.5, 0.6) is 0 Å². The average Bonchev–Trinajstić information content (AvgIpc) is 2.95. The van der Waals surface area contributed by atoms with Gasteiger partial charge in [0.1, 0.15) is 5.84 Å². The highest BCUT2D eigenvalue weighted by molar-refractivity contribution is 7.12. The van der Waals surface area contributed by atoms with Gasteiger partial charge in [0.15, 0.2) is 0 Å². The quantitative estimate of drug-likeness (QED) is 0.511. The van der Waals surface area contributed by atoms with Gasteiger partial charge in [0, 0.05) is 5.56 Å². The number of anilines is 1. The summed E-state index contributed by atoms with van der Waals surface area (Å²) in [5.74, 6) is -0.245. The lowest BCUT2D eigenvalue weighted by Gasteiger charge is -2.08. The largest absolute Gasteiger partial charge is 0.383 e. The monoisotopic (exact) mass is 295 g/mol. The molecular formula is C16H13N3OS. The molecule has 0 saturated carbocycles. The van der Waals surface area contributed by atoms with E-state index in [9.17, 15) is 4.79 Å². The number of amides is 1. The van der Waals surface area contributed by atoms with Crippen LogP contribution < -0.4 is 11.1 Å². The Morgan fingerprint density at radius 1 is 1.10 bits per heavy atom. The van der Waals surface area contributed by atoms with Crippen LogP contribution in [-0.2, 0) is 0 Å². The molecule has 3 rings (SSSR count). The van der Waals surface area contributed by atoms with Gasteiger partial charge in [-0.25, -0.2) is 0 Å². The molecule has 2 aromatic carbocycles. The van der Waals surface area contributed by atoms with Crippen molar-refractivity contribution >= 4 is 39.5 Å². The van der Waals surface area contributed by atoms with Crippen molar-refractivity contribution in [3.8, 4) is 0 Å². The zero-order valence-electron chi connectivity index (χ0n) is 11.1. The lowest BCUT2D eigenvalue weighted by Crippen LogP contribution is -2.16. The number of rotatable bonds is 3. The third-order valence-electron chi connectivity index (χ3n) is 3.19. The Bertz CT molecular complexity index is 833. The fraction of sp³-hybridized carbons (Fsp3) is 0. The maximum atomic E-state index is 12.5. The van der Waals surface area contributed by atoms with Gasteiger partial charge in [-0.15, -0.1) is 11.3 Å².